The summed E-state index contributed by atoms with van der Waals surface area (Å²) < 4.78 is 1.11. The van der Waals surface area contributed by atoms with Crippen LogP contribution in [0.3, 0.4) is 0 Å². The number of halogens is 1. The van der Waals surface area contributed by atoms with Crippen LogP contribution in [0.4, 0.5) is 5.69 Å². The second-order valence-electron chi connectivity index (χ2n) is 5.44. The molecule has 3 rings (SSSR count). The highest BCUT2D eigenvalue weighted by Gasteiger charge is 2.11. The monoisotopic (exact) mass is 351 g/mol. The molecule has 0 unspecified atom stereocenters. The van der Waals surface area contributed by atoms with Gasteiger partial charge in [0.1, 0.15) is 0 Å². The molecule has 1 nitrogen and oxygen atoms in total. The van der Waals surface area contributed by atoms with Crippen LogP contribution >= 0.6 is 15.9 Å². The Kier molecular flexibility index (Phi) is 4.98. The zero-order valence-corrected chi connectivity index (χ0v) is 14.0. The van der Waals surface area contributed by atoms with Gasteiger partial charge in [-0.2, -0.15) is 0 Å². The van der Waals surface area contributed by atoms with Crippen molar-refractivity contribution in [3.8, 4) is 0 Å². The van der Waals surface area contributed by atoms with E-state index in [1.165, 1.54) is 11.3 Å². The van der Waals surface area contributed by atoms with E-state index in [9.17, 15) is 0 Å². The number of anilines is 1. The molecule has 1 aromatic carbocycles. The molecule has 22 heavy (non-hydrogen) atoms. The van der Waals surface area contributed by atoms with Crippen molar-refractivity contribution in [1.82, 2.24) is 0 Å². The fourth-order valence-electron chi connectivity index (χ4n) is 2.61. The van der Waals surface area contributed by atoms with Gasteiger partial charge in [-0.15, -0.1) is 0 Å². The predicted molar refractivity (Wildman–Crippen MR) is 97.1 cm³/mol. The van der Waals surface area contributed by atoms with Crippen LogP contribution in [0.15, 0.2) is 87.8 Å². The normalized spacial score (nSPS) is 15.7. The lowest BCUT2D eigenvalue weighted by molar-refractivity contribution is 0.839. The lowest BCUT2D eigenvalue weighted by Crippen LogP contribution is -2.28. The van der Waals surface area contributed by atoms with Gasteiger partial charge in [0.2, 0.25) is 0 Å². The van der Waals surface area contributed by atoms with Gasteiger partial charge in [-0.1, -0.05) is 57.3 Å². The minimum Gasteiger partial charge on any atom is -0.363 e. The van der Waals surface area contributed by atoms with E-state index in [0.29, 0.717) is 0 Å². The Labute approximate surface area is 140 Å². The molecule has 0 heterocycles. The molecule has 1 aromatic rings. The van der Waals surface area contributed by atoms with Gasteiger partial charge in [0.05, 0.1) is 6.54 Å². The van der Waals surface area contributed by atoms with Gasteiger partial charge in [-0.3, -0.25) is 0 Å². The second kappa shape index (κ2) is 7.33. The van der Waals surface area contributed by atoms with Crippen molar-refractivity contribution in [2.24, 2.45) is 0 Å². The first-order valence-corrected chi connectivity index (χ1v) is 8.33. The molecule has 0 spiro atoms. The van der Waals surface area contributed by atoms with Crippen molar-refractivity contribution < 1.29 is 0 Å². The highest BCUT2D eigenvalue weighted by atomic mass is 79.9. The third-order valence-electron chi connectivity index (χ3n) is 3.76. The second-order valence-corrected chi connectivity index (χ2v) is 6.36. The summed E-state index contributed by atoms with van der Waals surface area (Å²) in [5.41, 5.74) is 10.1. The van der Waals surface area contributed by atoms with Crippen LogP contribution in [0.25, 0.3) is 0 Å². The molecular weight excluding hydrogens is 334 g/mol. The summed E-state index contributed by atoms with van der Waals surface area (Å²) in [5, 5.41) is 0. The van der Waals surface area contributed by atoms with Gasteiger partial charge in [-0.05, 0) is 49.3 Å². The number of hydrogen-bond acceptors (Lipinski definition) is 1. The first-order valence-electron chi connectivity index (χ1n) is 7.53. The smallest absolute Gasteiger partial charge is 0.0512 e. The molecule has 0 saturated carbocycles. The van der Waals surface area contributed by atoms with Gasteiger partial charge >= 0.3 is 0 Å². The molecule has 0 saturated heterocycles. The van der Waals surface area contributed by atoms with Crippen molar-refractivity contribution in [2.75, 3.05) is 18.0 Å². The third kappa shape index (κ3) is 4.02. The van der Waals surface area contributed by atoms with Gasteiger partial charge in [0.25, 0.3) is 0 Å². The zero-order valence-electron chi connectivity index (χ0n) is 12.4. The minimum absolute atomic E-state index is 0.847. The molecular formula is C20H18BrN. The molecule has 2 aliphatic carbocycles. The number of benzene rings is 1. The number of nitrogens with zero attached hydrogens (tertiary/aromatic N) is 1. The number of rotatable bonds is 5. The summed E-state index contributed by atoms with van der Waals surface area (Å²) in [6.07, 6.45) is 15.0. The Morgan fingerprint density at radius 3 is 2.64 bits per heavy atom. The molecule has 2 heteroatoms. The van der Waals surface area contributed by atoms with Gasteiger partial charge in [0.15, 0.2) is 0 Å². The van der Waals surface area contributed by atoms with Crippen molar-refractivity contribution in [1.29, 1.82) is 0 Å². The Hall–Kier alpha value is -1.98. The Bertz CT molecular complexity index is 721. The minimum atomic E-state index is 0.847. The summed E-state index contributed by atoms with van der Waals surface area (Å²) in [4.78, 5) is 2.40. The number of hydrogen-bond donors (Lipinski definition) is 0. The van der Waals surface area contributed by atoms with Crippen molar-refractivity contribution in [2.45, 2.75) is 12.8 Å². The maximum absolute atomic E-state index is 3.51. The molecule has 2 aliphatic rings. The highest BCUT2D eigenvalue weighted by Crippen LogP contribution is 2.23. The van der Waals surface area contributed by atoms with E-state index in [2.05, 4.69) is 80.9 Å². The van der Waals surface area contributed by atoms with E-state index in [1.807, 2.05) is 12.2 Å². The van der Waals surface area contributed by atoms with Crippen LogP contribution < -0.4 is 4.90 Å². The fraction of sp³-hybridized carbons (Fsp3) is 0.200. The number of allylic oxidation sites excluding steroid dienone is 5. The molecule has 0 radical (unpaired) electrons. The van der Waals surface area contributed by atoms with Crippen LogP contribution in [-0.4, -0.2) is 13.1 Å². The summed E-state index contributed by atoms with van der Waals surface area (Å²) >= 11 is 3.51. The van der Waals surface area contributed by atoms with Gasteiger partial charge < -0.3 is 4.90 Å². The van der Waals surface area contributed by atoms with Crippen molar-refractivity contribution in [3.63, 3.8) is 0 Å². The van der Waals surface area contributed by atoms with E-state index in [-0.39, 0.29) is 0 Å². The van der Waals surface area contributed by atoms with E-state index < -0.39 is 0 Å². The summed E-state index contributed by atoms with van der Waals surface area (Å²) in [5.74, 6) is 0. The molecule has 0 aromatic heterocycles. The summed E-state index contributed by atoms with van der Waals surface area (Å²) in [7, 11) is 0. The fourth-order valence-corrected chi connectivity index (χ4v) is 2.87. The van der Waals surface area contributed by atoms with Crippen LogP contribution in [0.5, 0.6) is 0 Å². The molecule has 0 atom stereocenters. The molecule has 0 amide bonds. The SMILES string of the molecule is Brc1ccc(N(CC2=C=C=CC=C2)CC2=CC=CCC2)cc1. The largest absolute Gasteiger partial charge is 0.363 e. The Balaban J connectivity index is 1.84. The topological polar surface area (TPSA) is 3.24 Å². The van der Waals surface area contributed by atoms with Gasteiger partial charge in [0, 0.05) is 22.3 Å². The van der Waals surface area contributed by atoms with Crippen LogP contribution in [-0.2, 0) is 0 Å². The lowest BCUT2D eigenvalue weighted by atomic mass is 10.0. The molecule has 0 bridgehead atoms. The summed E-state index contributed by atoms with van der Waals surface area (Å²) in [6.45, 7) is 1.80. The summed E-state index contributed by atoms with van der Waals surface area (Å²) in [6, 6.07) is 8.52. The molecule has 0 fully saturated rings. The lowest BCUT2D eigenvalue weighted by Gasteiger charge is -2.27. The van der Waals surface area contributed by atoms with E-state index in [0.717, 1.165) is 36.0 Å². The highest BCUT2D eigenvalue weighted by molar-refractivity contribution is 9.10. The third-order valence-corrected chi connectivity index (χ3v) is 4.29. The zero-order chi connectivity index (χ0) is 15.2. The van der Waals surface area contributed by atoms with Crippen LogP contribution in [0.2, 0.25) is 0 Å². The molecule has 0 N–H and O–H groups in total. The quantitative estimate of drug-likeness (QED) is 0.647. The Morgan fingerprint density at radius 2 is 1.95 bits per heavy atom. The van der Waals surface area contributed by atoms with Gasteiger partial charge in [-0.25, -0.2) is 0 Å². The van der Waals surface area contributed by atoms with Crippen molar-refractivity contribution >= 4 is 21.6 Å². The molecule has 110 valence electrons. The average Bonchev–Trinajstić information content (AvgIpc) is 2.57. The van der Waals surface area contributed by atoms with Crippen LogP contribution in [0, 0.1) is 0 Å². The van der Waals surface area contributed by atoms with Crippen LogP contribution in [0.1, 0.15) is 12.8 Å². The Morgan fingerprint density at radius 1 is 1.09 bits per heavy atom. The maximum Gasteiger partial charge on any atom is 0.0512 e. The first kappa shape index (κ1) is 14.9. The first-order chi connectivity index (χ1) is 10.8. The molecule has 0 aliphatic heterocycles. The van der Waals surface area contributed by atoms with E-state index in [1.54, 1.807) is 0 Å². The predicted octanol–water partition coefficient (Wildman–Crippen LogP) is 5.34. The standard InChI is InChI=1S/C20H18BrN/c21-19-11-13-20(14-12-19)22(15-17-7-3-1-4-8-17)16-18-9-5-2-6-10-18/h1-3,5,7,9,11-14H,4,8,15-16H2. The van der Waals surface area contributed by atoms with E-state index in [4.69, 9.17) is 0 Å². The average molecular weight is 352 g/mol. The van der Waals surface area contributed by atoms with Crippen molar-refractivity contribution in [3.05, 3.63) is 87.8 Å². The maximum atomic E-state index is 3.51. The van der Waals surface area contributed by atoms with E-state index >= 15 is 0 Å².